The minimum absolute atomic E-state index is 0.105. The predicted molar refractivity (Wildman–Crippen MR) is 89.7 cm³/mol. The Kier molecular flexibility index (Phi) is 7.15. The minimum atomic E-state index is -0.549. The molecule has 0 heterocycles. The van der Waals surface area contributed by atoms with E-state index >= 15 is 0 Å². The van der Waals surface area contributed by atoms with E-state index in [2.05, 4.69) is 12.2 Å². The van der Waals surface area contributed by atoms with Gasteiger partial charge < -0.3 is 15.8 Å². The summed E-state index contributed by atoms with van der Waals surface area (Å²) in [7, 11) is 0. The highest BCUT2D eigenvalue weighted by atomic mass is 32.1. The van der Waals surface area contributed by atoms with Gasteiger partial charge in [-0.2, -0.15) is 0 Å². The molecule has 1 aromatic carbocycles. The van der Waals surface area contributed by atoms with Crippen LogP contribution in [0.1, 0.15) is 44.2 Å². The third kappa shape index (κ3) is 5.71. The monoisotopic (exact) mass is 308 g/mol. The number of nitrogens with two attached hydrogens (primary N) is 1. The van der Waals surface area contributed by atoms with Crippen LogP contribution >= 0.6 is 12.2 Å². The number of hydrogen-bond acceptors (Lipinski definition) is 3. The fraction of sp³-hybridized carbons (Fsp3) is 0.500. The lowest BCUT2D eigenvalue weighted by Gasteiger charge is -2.17. The van der Waals surface area contributed by atoms with E-state index in [4.69, 9.17) is 22.7 Å². The van der Waals surface area contributed by atoms with Crippen molar-refractivity contribution >= 4 is 23.1 Å². The van der Waals surface area contributed by atoms with Crippen molar-refractivity contribution in [1.82, 2.24) is 5.32 Å². The van der Waals surface area contributed by atoms with Gasteiger partial charge in [0.25, 0.3) is 5.91 Å². The highest BCUT2D eigenvalue weighted by molar-refractivity contribution is 7.80. The third-order valence-electron chi connectivity index (χ3n) is 3.23. The Morgan fingerprint density at radius 2 is 2.14 bits per heavy atom. The van der Waals surface area contributed by atoms with Gasteiger partial charge in [-0.1, -0.05) is 44.1 Å². The molecule has 0 radical (unpaired) electrons. The third-order valence-corrected chi connectivity index (χ3v) is 3.46. The molecule has 1 atom stereocenters. The van der Waals surface area contributed by atoms with E-state index in [1.54, 1.807) is 13.0 Å². The molecule has 0 fully saturated rings. The molecule has 1 unspecified atom stereocenters. The van der Waals surface area contributed by atoms with E-state index in [0.29, 0.717) is 17.3 Å². The summed E-state index contributed by atoms with van der Waals surface area (Å²) in [5.41, 5.74) is 7.30. The molecule has 116 valence electrons. The molecule has 0 spiro atoms. The van der Waals surface area contributed by atoms with Gasteiger partial charge in [-0.25, -0.2) is 0 Å². The maximum Gasteiger partial charge on any atom is 0.260 e. The fourth-order valence-corrected chi connectivity index (χ4v) is 1.98. The lowest BCUT2D eigenvalue weighted by Crippen LogP contribution is -2.37. The Balaban J connectivity index is 2.61. The first-order valence-corrected chi connectivity index (χ1v) is 7.71. The molecule has 4 nitrogen and oxygen atoms in total. The second kappa shape index (κ2) is 8.62. The first kappa shape index (κ1) is 17.4. The van der Waals surface area contributed by atoms with Crippen LogP contribution in [0.15, 0.2) is 18.2 Å². The Morgan fingerprint density at radius 1 is 1.43 bits per heavy atom. The number of amides is 1. The normalized spacial score (nSPS) is 11.8. The van der Waals surface area contributed by atoms with Crippen LogP contribution in [0.3, 0.4) is 0 Å². The van der Waals surface area contributed by atoms with E-state index in [1.807, 2.05) is 19.1 Å². The number of carbonyl (C=O) groups excluding carboxylic acids is 1. The van der Waals surface area contributed by atoms with Crippen molar-refractivity contribution < 1.29 is 9.53 Å². The summed E-state index contributed by atoms with van der Waals surface area (Å²) in [6.45, 7) is 6.48. The number of hydrogen-bond donors (Lipinski definition) is 2. The van der Waals surface area contributed by atoms with Crippen molar-refractivity contribution in [2.75, 3.05) is 6.54 Å². The highest BCUT2D eigenvalue weighted by Crippen LogP contribution is 2.21. The van der Waals surface area contributed by atoms with Crippen molar-refractivity contribution in [1.29, 1.82) is 0 Å². The molecule has 0 bridgehead atoms. The van der Waals surface area contributed by atoms with Gasteiger partial charge in [0.05, 0.1) is 0 Å². The van der Waals surface area contributed by atoms with Gasteiger partial charge in [0.1, 0.15) is 10.7 Å². The molecule has 1 aromatic rings. The van der Waals surface area contributed by atoms with Crippen LogP contribution in [0.5, 0.6) is 5.75 Å². The first-order valence-electron chi connectivity index (χ1n) is 7.30. The minimum Gasteiger partial charge on any atom is -0.481 e. The van der Waals surface area contributed by atoms with E-state index < -0.39 is 6.10 Å². The first-order chi connectivity index (χ1) is 9.95. The van der Waals surface area contributed by atoms with Crippen molar-refractivity contribution in [2.45, 2.75) is 46.1 Å². The lowest BCUT2D eigenvalue weighted by atomic mass is 10.1. The molecule has 0 aliphatic carbocycles. The van der Waals surface area contributed by atoms with E-state index in [1.165, 1.54) is 0 Å². The number of benzene rings is 1. The van der Waals surface area contributed by atoms with Gasteiger partial charge >= 0.3 is 0 Å². The molecule has 1 rings (SSSR count). The largest absolute Gasteiger partial charge is 0.481 e. The zero-order chi connectivity index (χ0) is 15.8. The Hall–Kier alpha value is -1.62. The topological polar surface area (TPSA) is 64.3 Å². The van der Waals surface area contributed by atoms with Crippen LogP contribution in [0.25, 0.3) is 0 Å². The number of aryl methyl sites for hydroxylation is 1. The maximum absolute atomic E-state index is 12.0. The number of nitrogens with one attached hydrogen (secondary N) is 1. The van der Waals surface area contributed by atoms with E-state index in [0.717, 1.165) is 30.4 Å². The predicted octanol–water partition coefficient (Wildman–Crippen LogP) is 2.70. The van der Waals surface area contributed by atoms with Crippen LogP contribution in [-0.2, 0) is 4.79 Å². The van der Waals surface area contributed by atoms with Gasteiger partial charge in [0.2, 0.25) is 0 Å². The molecular formula is C16H24N2O2S. The molecule has 5 heteroatoms. The Morgan fingerprint density at radius 3 is 2.76 bits per heavy atom. The van der Waals surface area contributed by atoms with Crippen molar-refractivity contribution in [3.63, 3.8) is 0 Å². The van der Waals surface area contributed by atoms with E-state index in [9.17, 15) is 4.79 Å². The van der Waals surface area contributed by atoms with Crippen molar-refractivity contribution in [3.8, 4) is 5.75 Å². The van der Waals surface area contributed by atoms with Crippen LogP contribution in [-0.4, -0.2) is 23.5 Å². The second-order valence-electron chi connectivity index (χ2n) is 5.10. The zero-order valence-corrected chi connectivity index (χ0v) is 13.8. The summed E-state index contributed by atoms with van der Waals surface area (Å²) < 4.78 is 5.73. The van der Waals surface area contributed by atoms with Crippen LogP contribution in [0, 0.1) is 6.92 Å². The summed E-state index contributed by atoms with van der Waals surface area (Å²) in [5, 5.41) is 2.88. The summed E-state index contributed by atoms with van der Waals surface area (Å²) in [6, 6.07) is 5.51. The summed E-state index contributed by atoms with van der Waals surface area (Å²) in [4.78, 5) is 12.3. The standard InChI is InChI=1S/C16H24N2O2S/c1-4-5-6-9-18-16(19)12(3)20-14-10-13(15(17)21)8-7-11(14)2/h7-8,10,12H,4-6,9H2,1-3H3,(H2,17,21)(H,18,19). The summed E-state index contributed by atoms with van der Waals surface area (Å²) >= 11 is 4.96. The fourth-order valence-electron chi connectivity index (χ4n) is 1.85. The van der Waals surface area contributed by atoms with Crippen LogP contribution in [0.4, 0.5) is 0 Å². The Bertz CT molecular complexity index is 503. The lowest BCUT2D eigenvalue weighted by molar-refractivity contribution is -0.127. The SMILES string of the molecule is CCCCCNC(=O)C(C)Oc1cc(C(N)=S)ccc1C. The maximum atomic E-state index is 12.0. The number of rotatable bonds is 8. The number of unbranched alkanes of at least 4 members (excludes halogenated alkanes) is 2. The van der Waals surface area contributed by atoms with Crippen molar-refractivity contribution in [3.05, 3.63) is 29.3 Å². The molecule has 21 heavy (non-hydrogen) atoms. The molecule has 0 aromatic heterocycles. The average molecular weight is 308 g/mol. The molecule has 0 aliphatic rings. The summed E-state index contributed by atoms with van der Waals surface area (Å²) in [6.07, 6.45) is 2.69. The van der Waals surface area contributed by atoms with Gasteiger partial charge in [-0.3, -0.25) is 4.79 Å². The quantitative estimate of drug-likeness (QED) is 0.572. The number of thiocarbonyl (C=S) groups is 1. The molecule has 1 amide bonds. The average Bonchev–Trinajstić information content (AvgIpc) is 2.45. The molecule has 0 aliphatic heterocycles. The smallest absolute Gasteiger partial charge is 0.260 e. The van der Waals surface area contributed by atoms with E-state index in [-0.39, 0.29) is 5.91 Å². The zero-order valence-electron chi connectivity index (χ0n) is 12.9. The Labute approximate surface area is 132 Å². The van der Waals surface area contributed by atoms with Gasteiger partial charge in [-0.15, -0.1) is 0 Å². The van der Waals surface area contributed by atoms with Crippen LogP contribution < -0.4 is 15.8 Å². The summed E-state index contributed by atoms with van der Waals surface area (Å²) in [5.74, 6) is 0.530. The van der Waals surface area contributed by atoms with Gasteiger partial charge in [0.15, 0.2) is 6.10 Å². The van der Waals surface area contributed by atoms with Gasteiger partial charge in [-0.05, 0) is 31.9 Å². The highest BCUT2D eigenvalue weighted by Gasteiger charge is 2.15. The molecule has 3 N–H and O–H groups in total. The number of carbonyl (C=O) groups is 1. The molecular weight excluding hydrogens is 284 g/mol. The van der Waals surface area contributed by atoms with Crippen molar-refractivity contribution in [2.24, 2.45) is 5.73 Å². The second-order valence-corrected chi connectivity index (χ2v) is 5.54. The van der Waals surface area contributed by atoms with Gasteiger partial charge in [0, 0.05) is 12.1 Å². The molecule has 0 saturated carbocycles. The van der Waals surface area contributed by atoms with Crippen LogP contribution in [0.2, 0.25) is 0 Å². The molecule has 0 saturated heterocycles. The number of ether oxygens (including phenoxy) is 1.